The van der Waals surface area contributed by atoms with Gasteiger partial charge in [0.25, 0.3) is 10.0 Å². The summed E-state index contributed by atoms with van der Waals surface area (Å²) in [5, 5.41) is 5.41. The van der Waals surface area contributed by atoms with E-state index in [1.165, 1.54) is 26.3 Å². The second kappa shape index (κ2) is 9.57. The molecular weight excluding hydrogens is 362 g/mol. The van der Waals surface area contributed by atoms with E-state index in [4.69, 9.17) is 17.0 Å². The number of hydrogen-bond donors (Lipinski definition) is 3. The first-order valence-electron chi connectivity index (χ1n) is 7.94. The summed E-state index contributed by atoms with van der Waals surface area (Å²) in [6, 6.07) is 4.69. The number of carbonyl (C=O) groups is 1. The smallest absolute Gasteiger partial charge is 0.267 e. The minimum atomic E-state index is -3.91. The Balaban J connectivity index is 3.02. The molecule has 140 valence electrons. The van der Waals surface area contributed by atoms with Gasteiger partial charge in [-0.15, -0.1) is 0 Å². The molecule has 25 heavy (non-hydrogen) atoms. The van der Waals surface area contributed by atoms with Gasteiger partial charge in [0.2, 0.25) is 5.91 Å². The summed E-state index contributed by atoms with van der Waals surface area (Å²) in [5.74, 6) is 0.0167. The van der Waals surface area contributed by atoms with E-state index in [1.54, 1.807) is 6.07 Å². The van der Waals surface area contributed by atoms with Gasteiger partial charge in [-0.05, 0) is 43.3 Å². The van der Waals surface area contributed by atoms with E-state index >= 15 is 0 Å². The number of benzene rings is 1. The molecule has 0 saturated carbocycles. The van der Waals surface area contributed by atoms with Crippen LogP contribution in [0.3, 0.4) is 0 Å². The number of sulfonamides is 1. The van der Waals surface area contributed by atoms with Crippen LogP contribution in [0, 0.1) is 0 Å². The van der Waals surface area contributed by atoms with Crippen molar-refractivity contribution in [1.29, 1.82) is 0 Å². The molecule has 0 aliphatic carbocycles. The van der Waals surface area contributed by atoms with Gasteiger partial charge in [0.15, 0.2) is 5.11 Å². The Morgan fingerprint density at radius 2 is 2.04 bits per heavy atom. The van der Waals surface area contributed by atoms with Crippen LogP contribution in [0.25, 0.3) is 0 Å². The number of hydrogen-bond acceptors (Lipinski definition) is 5. The fourth-order valence-corrected chi connectivity index (χ4v) is 3.79. The van der Waals surface area contributed by atoms with E-state index in [9.17, 15) is 13.2 Å². The maximum Gasteiger partial charge on any atom is 0.267 e. The molecule has 0 radical (unpaired) electrons. The molecule has 0 aromatic heterocycles. The average Bonchev–Trinajstić information content (AvgIpc) is 2.54. The summed E-state index contributed by atoms with van der Waals surface area (Å²) in [6.07, 6.45) is 1.94. The molecule has 0 fully saturated rings. The van der Waals surface area contributed by atoms with Gasteiger partial charge in [0, 0.05) is 13.1 Å². The Labute approximate surface area is 154 Å². The van der Waals surface area contributed by atoms with E-state index in [1.807, 2.05) is 13.8 Å². The standard InChI is InChI=1S/C16H25N3O4S2/c1-5-6-11(2)18-15(20)10-12-7-8-13(23-4)14(9-12)25(21,22)19-16(24)17-3/h7-9,11H,5-6,10H2,1-4H3,(H,18,20)(H2,17,19,24). The highest BCUT2D eigenvalue weighted by molar-refractivity contribution is 7.92. The van der Waals surface area contributed by atoms with E-state index in [-0.39, 0.29) is 34.1 Å². The van der Waals surface area contributed by atoms with Crippen LogP contribution in [-0.2, 0) is 21.2 Å². The third kappa shape index (κ3) is 6.50. The zero-order valence-electron chi connectivity index (χ0n) is 14.9. The highest BCUT2D eigenvalue weighted by Crippen LogP contribution is 2.25. The van der Waals surface area contributed by atoms with Crippen LogP contribution in [0.5, 0.6) is 5.75 Å². The molecule has 1 aromatic rings. The SMILES string of the molecule is CCCC(C)NC(=O)Cc1ccc(OC)c(S(=O)(=O)NC(=S)NC)c1. The van der Waals surface area contributed by atoms with Crippen molar-refractivity contribution < 1.29 is 17.9 Å². The summed E-state index contributed by atoms with van der Waals surface area (Å²) in [6.45, 7) is 3.99. The average molecular weight is 388 g/mol. The van der Waals surface area contributed by atoms with Gasteiger partial charge in [-0.3, -0.25) is 9.52 Å². The number of thiocarbonyl (C=S) groups is 1. The second-order valence-corrected chi connectivity index (χ2v) is 7.66. The topological polar surface area (TPSA) is 96.5 Å². The van der Waals surface area contributed by atoms with E-state index in [0.717, 1.165) is 12.8 Å². The minimum absolute atomic E-state index is 0.0291. The highest BCUT2D eigenvalue weighted by atomic mass is 32.2. The predicted octanol–water partition coefficient (Wildman–Crippen LogP) is 1.33. The first-order valence-corrected chi connectivity index (χ1v) is 9.83. The molecule has 1 rings (SSSR count). The van der Waals surface area contributed by atoms with Gasteiger partial charge >= 0.3 is 0 Å². The molecular formula is C16H25N3O4S2. The lowest BCUT2D eigenvalue weighted by molar-refractivity contribution is -0.121. The lowest BCUT2D eigenvalue weighted by Crippen LogP contribution is -2.37. The first-order chi connectivity index (χ1) is 11.7. The van der Waals surface area contributed by atoms with Crippen LogP contribution < -0.4 is 20.1 Å². The Morgan fingerprint density at radius 3 is 2.60 bits per heavy atom. The molecule has 0 saturated heterocycles. The molecule has 1 atom stereocenters. The summed E-state index contributed by atoms with van der Waals surface area (Å²) in [4.78, 5) is 12.0. The van der Waals surface area contributed by atoms with Crippen LogP contribution in [0.1, 0.15) is 32.3 Å². The second-order valence-electron chi connectivity index (χ2n) is 5.60. The largest absolute Gasteiger partial charge is 0.495 e. The molecule has 3 N–H and O–H groups in total. The number of methoxy groups -OCH3 is 1. The van der Waals surface area contributed by atoms with Crippen molar-refractivity contribution in [2.24, 2.45) is 0 Å². The molecule has 0 heterocycles. The van der Waals surface area contributed by atoms with Gasteiger partial charge < -0.3 is 15.4 Å². The molecule has 0 aliphatic heterocycles. The third-order valence-corrected chi connectivity index (χ3v) is 5.27. The third-order valence-electron chi connectivity index (χ3n) is 3.47. The maximum absolute atomic E-state index is 12.5. The van der Waals surface area contributed by atoms with Crippen molar-refractivity contribution in [3.63, 3.8) is 0 Å². The Morgan fingerprint density at radius 1 is 1.36 bits per heavy atom. The number of rotatable bonds is 8. The lowest BCUT2D eigenvalue weighted by Gasteiger charge is -2.15. The number of nitrogens with one attached hydrogen (secondary N) is 3. The molecule has 0 aliphatic rings. The molecule has 1 amide bonds. The van der Waals surface area contributed by atoms with E-state index < -0.39 is 10.0 Å². The zero-order valence-corrected chi connectivity index (χ0v) is 16.5. The van der Waals surface area contributed by atoms with Crippen molar-refractivity contribution in [2.75, 3.05) is 14.2 Å². The van der Waals surface area contributed by atoms with Crippen molar-refractivity contribution in [2.45, 2.75) is 44.0 Å². The van der Waals surface area contributed by atoms with Crippen molar-refractivity contribution in [1.82, 2.24) is 15.4 Å². The number of amides is 1. The maximum atomic E-state index is 12.5. The fraction of sp³-hybridized carbons (Fsp3) is 0.500. The minimum Gasteiger partial charge on any atom is -0.495 e. The molecule has 0 bridgehead atoms. The molecule has 0 spiro atoms. The van der Waals surface area contributed by atoms with Crippen LogP contribution >= 0.6 is 12.2 Å². The Hall–Kier alpha value is -1.87. The van der Waals surface area contributed by atoms with Gasteiger partial charge in [0.1, 0.15) is 10.6 Å². The van der Waals surface area contributed by atoms with Crippen molar-refractivity contribution >= 4 is 33.3 Å². The van der Waals surface area contributed by atoms with Crippen LogP contribution in [0.2, 0.25) is 0 Å². The van der Waals surface area contributed by atoms with Crippen molar-refractivity contribution in [3.8, 4) is 5.75 Å². The monoisotopic (exact) mass is 387 g/mol. The molecule has 7 nitrogen and oxygen atoms in total. The van der Waals surface area contributed by atoms with Gasteiger partial charge in [-0.2, -0.15) is 0 Å². The Kier molecular flexibility index (Phi) is 8.11. The summed E-state index contributed by atoms with van der Waals surface area (Å²) >= 11 is 4.85. The van der Waals surface area contributed by atoms with Crippen molar-refractivity contribution in [3.05, 3.63) is 23.8 Å². The summed E-state index contributed by atoms with van der Waals surface area (Å²) < 4.78 is 32.3. The number of carbonyl (C=O) groups excluding carboxylic acids is 1. The van der Waals surface area contributed by atoms with Gasteiger partial charge in [-0.25, -0.2) is 8.42 Å². The van der Waals surface area contributed by atoms with Crippen LogP contribution in [0.15, 0.2) is 23.1 Å². The normalized spacial score (nSPS) is 12.2. The summed E-state index contributed by atoms with van der Waals surface area (Å²) in [7, 11) is -1.02. The van der Waals surface area contributed by atoms with Crippen LogP contribution in [-0.4, -0.2) is 39.6 Å². The molecule has 1 unspecified atom stereocenters. The van der Waals surface area contributed by atoms with E-state index in [2.05, 4.69) is 15.4 Å². The number of ether oxygens (including phenoxy) is 1. The van der Waals surface area contributed by atoms with Crippen LogP contribution in [0.4, 0.5) is 0 Å². The summed E-state index contributed by atoms with van der Waals surface area (Å²) in [5.41, 5.74) is 0.567. The molecule has 1 aromatic carbocycles. The van der Waals surface area contributed by atoms with Gasteiger partial charge in [-0.1, -0.05) is 19.4 Å². The van der Waals surface area contributed by atoms with Gasteiger partial charge in [0.05, 0.1) is 13.5 Å². The molecule has 9 heteroatoms. The zero-order chi connectivity index (χ0) is 19.0. The lowest BCUT2D eigenvalue weighted by atomic mass is 10.1. The fourth-order valence-electron chi connectivity index (χ4n) is 2.29. The first kappa shape index (κ1) is 21.2. The Bertz CT molecular complexity index is 720. The highest BCUT2D eigenvalue weighted by Gasteiger charge is 2.21. The predicted molar refractivity (Wildman–Crippen MR) is 101 cm³/mol. The van der Waals surface area contributed by atoms with E-state index in [0.29, 0.717) is 5.56 Å². The quantitative estimate of drug-likeness (QED) is 0.582.